The molecule has 46 valence electrons. The van der Waals surface area contributed by atoms with Crippen molar-refractivity contribution in [2.24, 2.45) is 5.92 Å². The summed E-state index contributed by atoms with van der Waals surface area (Å²) in [4.78, 5) is 19.9. The van der Waals surface area contributed by atoms with Crippen molar-refractivity contribution in [3.05, 3.63) is 0 Å². The van der Waals surface area contributed by atoms with Crippen LogP contribution in [0, 0.1) is 5.92 Å². The first kappa shape index (κ1) is 7.49. The third kappa shape index (κ3) is 1.97. The predicted octanol–water partition coefficient (Wildman–Crippen LogP) is 0.163. The highest BCUT2D eigenvalue weighted by Crippen LogP contribution is 1.98. The smallest absolute Gasteiger partial charge is 0.314 e. The first-order chi connectivity index (χ1) is 3.55. The molecular formula is C4H6O3S. The predicted molar refractivity (Wildman–Crippen MR) is 30.8 cm³/mol. The number of carboxylic acids is 1. The van der Waals surface area contributed by atoms with Crippen LogP contribution in [0.1, 0.15) is 6.92 Å². The van der Waals surface area contributed by atoms with Crippen molar-refractivity contribution in [3.8, 4) is 0 Å². The molecule has 0 aliphatic heterocycles. The molecule has 0 spiro atoms. The molecule has 0 aromatic heterocycles. The summed E-state index contributed by atoms with van der Waals surface area (Å²) in [7, 11) is 0. The minimum Gasteiger partial charge on any atom is -0.481 e. The second kappa shape index (κ2) is 2.71. The number of aliphatic carboxylic acids is 1. The maximum absolute atomic E-state index is 10.1. The summed E-state index contributed by atoms with van der Waals surface area (Å²) < 4.78 is 0. The van der Waals surface area contributed by atoms with E-state index >= 15 is 0 Å². The zero-order chi connectivity index (χ0) is 6.73. The van der Waals surface area contributed by atoms with Gasteiger partial charge in [-0.3, -0.25) is 9.59 Å². The number of rotatable bonds is 2. The van der Waals surface area contributed by atoms with Gasteiger partial charge >= 0.3 is 5.97 Å². The molecule has 0 amide bonds. The average Bonchev–Trinajstić information content (AvgIpc) is 1.64. The lowest BCUT2D eigenvalue weighted by molar-refractivity contribution is -0.143. The van der Waals surface area contributed by atoms with Crippen LogP contribution in [0.3, 0.4) is 0 Å². The standard InChI is InChI=1S/C4H6O3S/c1-2(3(5)6)4(7)8/h2H,1H3,(H,5,6)(H,7,8). The summed E-state index contributed by atoms with van der Waals surface area (Å²) in [5.41, 5.74) is 0. The largest absolute Gasteiger partial charge is 0.481 e. The van der Waals surface area contributed by atoms with Crippen molar-refractivity contribution < 1.29 is 14.7 Å². The summed E-state index contributed by atoms with van der Waals surface area (Å²) in [6.07, 6.45) is 0. The third-order valence-electron chi connectivity index (χ3n) is 0.741. The fourth-order valence-electron chi connectivity index (χ4n) is 0.106. The molecule has 1 N–H and O–H groups in total. The Morgan fingerprint density at radius 3 is 2.00 bits per heavy atom. The number of carbonyl (C=O) groups excluding carboxylic acids is 1. The van der Waals surface area contributed by atoms with Crippen molar-refractivity contribution in [1.82, 2.24) is 0 Å². The molecule has 3 nitrogen and oxygen atoms in total. The summed E-state index contributed by atoms with van der Waals surface area (Å²) in [5.74, 6) is -2.12. The van der Waals surface area contributed by atoms with Crippen molar-refractivity contribution in [3.63, 3.8) is 0 Å². The van der Waals surface area contributed by atoms with Crippen molar-refractivity contribution in [2.75, 3.05) is 0 Å². The normalized spacial score (nSPS) is 12.8. The Balaban J connectivity index is 3.83. The number of thiol groups is 1. The van der Waals surface area contributed by atoms with E-state index in [0.29, 0.717) is 0 Å². The van der Waals surface area contributed by atoms with E-state index in [-0.39, 0.29) is 0 Å². The summed E-state index contributed by atoms with van der Waals surface area (Å²) in [6, 6.07) is 0. The van der Waals surface area contributed by atoms with Gasteiger partial charge in [0, 0.05) is 0 Å². The van der Waals surface area contributed by atoms with Crippen LogP contribution < -0.4 is 0 Å². The van der Waals surface area contributed by atoms with E-state index in [1.54, 1.807) is 0 Å². The van der Waals surface area contributed by atoms with Gasteiger partial charge in [-0.1, -0.05) is 0 Å². The minimum atomic E-state index is -1.13. The highest BCUT2D eigenvalue weighted by Gasteiger charge is 2.15. The van der Waals surface area contributed by atoms with E-state index in [1.807, 2.05) is 0 Å². The summed E-state index contributed by atoms with van der Waals surface area (Å²) >= 11 is 3.31. The van der Waals surface area contributed by atoms with Crippen LogP contribution in [0.25, 0.3) is 0 Å². The van der Waals surface area contributed by atoms with Gasteiger partial charge in [-0.25, -0.2) is 0 Å². The van der Waals surface area contributed by atoms with Crippen molar-refractivity contribution >= 4 is 23.7 Å². The van der Waals surface area contributed by atoms with Crippen molar-refractivity contribution in [1.29, 1.82) is 0 Å². The number of carboxylic acid groups (broad SMARTS) is 1. The highest BCUT2D eigenvalue weighted by atomic mass is 32.1. The van der Waals surface area contributed by atoms with Crippen LogP contribution in [-0.2, 0) is 9.59 Å². The number of carbonyl (C=O) groups is 2. The second-order valence-corrected chi connectivity index (χ2v) is 1.84. The lowest BCUT2D eigenvalue weighted by Gasteiger charge is -1.95. The molecule has 8 heavy (non-hydrogen) atoms. The van der Waals surface area contributed by atoms with Gasteiger partial charge in [-0.15, -0.1) is 12.6 Å². The Kier molecular flexibility index (Phi) is 2.54. The van der Waals surface area contributed by atoms with Gasteiger partial charge in [0.25, 0.3) is 0 Å². The molecule has 0 aromatic carbocycles. The zero-order valence-corrected chi connectivity index (χ0v) is 5.18. The molecule has 4 heteroatoms. The van der Waals surface area contributed by atoms with Gasteiger partial charge in [-0.2, -0.15) is 0 Å². The fraction of sp³-hybridized carbons (Fsp3) is 0.500. The van der Waals surface area contributed by atoms with Crippen LogP contribution in [0.15, 0.2) is 0 Å². The Bertz CT molecular complexity index is 106. The Morgan fingerprint density at radius 2 is 2.00 bits per heavy atom. The Labute approximate surface area is 52.1 Å². The first-order valence-electron chi connectivity index (χ1n) is 2.01. The molecule has 0 heterocycles. The molecule has 1 unspecified atom stereocenters. The molecule has 1 atom stereocenters. The minimum absolute atomic E-state index is 0.613. The van der Waals surface area contributed by atoms with Gasteiger partial charge in [-0.05, 0) is 6.92 Å². The molecule has 0 rings (SSSR count). The lowest BCUT2D eigenvalue weighted by Crippen LogP contribution is -2.15. The topological polar surface area (TPSA) is 54.4 Å². The maximum atomic E-state index is 10.1. The van der Waals surface area contributed by atoms with E-state index in [2.05, 4.69) is 12.6 Å². The highest BCUT2D eigenvalue weighted by molar-refractivity contribution is 7.96. The van der Waals surface area contributed by atoms with E-state index in [9.17, 15) is 9.59 Å². The first-order valence-corrected chi connectivity index (χ1v) is 2.46. The Morgan fingerprint density at radius 1 is 1.62 bits per heavy atom. The Hall–Kier alpha value is -0.510. The second-order valence-electron chi connectivity index (χ2n) is 1.40. The SMILES string of the molecule is CC(C(=O)O)C(=O)S. The monoisotopic (exact) mass is 134 g/mol. The van der Waals surface area contributed by atoms with E-state index in [1.165, 1.54) is 6.92 Å². The van der Waals surface area contributed by atoms with Gasteiger partial charge in [0.15, 0.2) is 5.12 Å². The zero-order valence-electron chi connectivity index (χ0n) is 4.29. The van der Waals surface area contributed by atoms with E-state index < -0.39 is 17.0 Å². The number of hydrogen-bond donors (Lipinski definition) is 2. The molecule has 0 aliphatic rings. The quantitative estimate of drug-likeness (QED) is 0.418. The van der Waals surface area contributed by atoms with Crippen LogP contribution in [-0.4, -0.2) is 16.2 Å². The van der Waals surface area contributed by atoms with Gasteiger partial charge in [0.1, 0.15) is 5.92 Å². The molecule has 0 saturated heterocycles. The van der Waals surface area contributed by atoms with Gasteiger partial charge < -0.3 is 5.11 Å². The number of hydrogen-bond acceptors (Lipinski definition) is 2. The van der Waals surface area contributed by atoms with Crippen LogP contribution in [0.2, 0.25) is 0 Å². The lowest BCUT2D eigenvalue weighted by atomic mass is 10.2. The molecule has 0 fully saturated rings. The molecule has 0 radical (unpaired) electrons. The average molecular weight is 134 g/mol. The van der Waals surface area contributed by atoms with E-state index in [0.717, 1.165) is 0 Å². The van der Waals surface area contributed by atoms with Crippen LogP contribution in [0.4, 0.5) is 0 Å². The molecule has 0 aliphatic carbocycles. The molecule has 0 bridgehead atoms. The third-order valence-corrected chi connectivity index (χ3v) is 1.13. The fourth-order valence-corrected chi connectivity index (χ4v) is 0.216. The van der Waals surface area contributed by atoms with Gasteiger partial charge in [0.2, 0.25) is 0 Å². The van der Waals surface area contributed by atoms with Crippen LogP contribution in [0.5, 0.6) is 0 Å². The molecular weight excluding hydrogens is 128 g/mol. The summed E-state index contributed by atoms with van der Waals surface area (Å²) in [6.45, 7) is 1.29. The van der Waals surface area contributed by atoms with Gasteiger partial charge in [0.05, 0.1) is 0 Å². The summed E-state index contributed by atoms with van der Waals surface area (Å²) in [5, 5.41) is 7.47. The van der Waals surface area contributed by atoms with E-state index in [4.69, 9.17) is 5.11 Å². The molecule has 0 saturated carbocycles. The maximum Gasteiger partial charge on any atom is 0.314 e. The molecule has 0 aromatic rings. The van der Waals surface area contributed by atoms with Crippen molar-refractivity contribution in [2.45, 2.75) is 6.92 Å². The van der Waals surface area contributed by atoms with Crippen LogP contribution >= 0.6 is 12.6 Å².